The molecule has 0 fully saturated rings. The fraction of sp³-hybridized carbons (Fsp3) is 0.238. The van der Waals surface area contributed by atoms with Gasteiger partial charge in [-0.3, -0.25) is 0 Å². The summed E-state index contributed by atoms with van der Waals surface area (Å²) in [5, 5.41) is 6.35. The number of hydrogen-bond acceptors (Lipinski definition) is 5. The number of aromatic nitrogens is 3. The number of hydrogen-bond donors (Lipinski definition) is 1. The van der Waals surface area contributed by atoms with E-state index in [1.807, 2.05) is 42.0 Å². The van der Waals surface area contributed by atoms with Crippen molar-refractivity contribution < 1.29 is 9.13 Å². The quantitative estimate of drug-likeness (QED) is 0.320. The van der Waals surface area contributed by atoms with Gasteiger partial charge in [-0.15, -0.1) is 11.3 Å². The number of thiophene rings is 1. The zero-order valence-corrected chi connectivity index (χ0v) is 18.7. The lowest BCUT2D eigenvalue weighted by Gasteiger charge is -2.11. The van der Waals surface area contributed by atoms with Gasteiger partial charge in [0.15, 0.2) is 5.82 Å². The van der Waals surface area contributed by atoms with Crippen LogP contribution in [0.5, 0.6) is 5.75 Å². The highest BCUT2D eigenvalue weighted by Gasteiger charge is 2.16. The predicted octanol–water partition coefficient (Wildman–Crippen LogP) is 6.42. The zero-order valence-electron chi connectivity index (χ0n) is 16.4. The van der Waals surface area contributed by atoms with E-state index in [4.69, 9.17) is 27.9 Å². The van der Waals surface area contributed by atoms with E-state index in [-0.39, 0.29) is 5.02 Å². The third kappa shape index (κ3) is 4.10. The minimum absolute atomic E-state index is 0.0163. The molecule has 4 rings (SSSR count). The SMILES string of the molecule is CCOc1csc(-c2cc(NCCn3c(C)cc4c(Cl)cc(Cl)c(F)c43)ncn2)c1. The highest BCUT2D eigenvalue weighted by atomic mass is 35.5. The summed E-state index contributed by atoms with van der Waals surface area (Å²) in [6.07, 6.45) is 1.52. The monoisotopic (exact) mass is 464 g/mol. The molecule has 30 heavy (non-hydrogen) atoms. The summed E-state index contributed by atoms with van der Waals surface area (Å²) in [4.78, 5) is 9.63. The Balaban J connectivity index is 1.51. The van der Waals surface area contributed by atoms with Gasteiger partial charge in [0.1, 0.15) is 17.9 Å². The first-order chi connectivity index (χ1) is 14.5. The number of benzene rings is 1. The van der Waals surface area contributed by atoms with E-state index in [9.17, 15) is 4.39 Å². The number of rotatable bonds is 7. The van der Waals surface area contributed by atoms with Crippen molar-refractivity contribution in [2.75, 3.05) is 18.5 Å². The maximum Gasteiger partial charge on any atom is 0.166 e. The molecule has 0 aliphatic heterocycles. The van der Waals surface area contributed by atoms with Crippen molar-refractivity contribution in [2.24, 2.45) is 0 Å². The van der Waals surface area contributed by atoms with Crippen molar-refractivity contribution in [3.63, 3.8) is 0 Å². The first-order valence-electron chi connectivity index (χ1n) is 9.39. The third-order valence-corrected chi connectivity index (χ3v) is 6.20. The smallest absolute Gasteiger partial charge is 0.166 e. The topological polar surface area (TPSA) is 52.0 Å². The highest BCUT2D eigenvalue weighted by molar-refractivity contribution is 7.13. The largest absolute Gasteiger partial charge is 0.493 e. The molecule has 3 aromatic heterocycles. The summed E-state index contributed by atoms with van der Waals surface area (Å²) >= 11 is 13.8. The van der Waals surface area contributed by atoms with E-state index in [2.05, 4.69) is 15.3 Å². The maximum atomic E-state index is 14.6. The Morgan fingerprint density at radius 3 is 2.80 bits per heavy atom. The molecule has 0 amide bonds. The highest BCUT2D eigenvalue weighted by Crippen LogP contribution is 2.34. The molecule has 0 saturated carbocycles. The van der Waals surface area contributed by atoms with Gasteiger partial charge in [-0.05, 0) is 26.0 Å². The van der Waals surface area contributed by atoms with Gasteiger partial charge in [0.2, 0.25) is 0 Å². The number of fused-ring (bicyclic) bond motifs is 1. The Labute approximate surface area is 187 Å². The number of nitrogens with zero attached hydrogens (tertiary/aromatic N) is 3. The molecule has 3 heterocycles. The van der Waals surface area contributed by atoms with Crippen molar-refractivity contribution in [1.82, 2.24) is 14.5 Å². The second-order valence-corrected chi connectivity index (χ2v) is 8.37. The summed E-state index contributed by atoms with van der Waals surface area (Å²) in [5.41, 5.74) is 2.13. The molecular formula is C21H19Cl2FN4OS. The zero-order chi connectivity index (χ0) is 21.3. The van der Waals surface area contributed by atoms with Crippen LogP contribution in [0.1, 0.15) is 12.6 Å². The number of aryl methyl sites for hydroxylation is 1. The fourth-order valence-corrected chi connectivity index (χ4v) is 4.63. The van der Waals surface area contributed by atoms with Gasteiger partial charge >= 0.3 is 0 Å². The lowest BCUT2D eigenvalue weighted by atomic mass is 10.2. The molecule has 0 saturated heterocycles. The third-order valence-electron chi connectivity index (χ3n) is 4.68. The van der Waals surface area contributed by atoms with Gasteiger partial charge in [0, 0.05) is 41.7 Å². The van der Waals surface area contributed by atoms with Gasteiger partial charge < -0.3 is 14.6 Å². The molecular weight excluding hydrogens is 446 g/mol. The molecule has 1 aromatic carbocycles. The normalized spacial score (nSPS) is 11.2. The summed E-state index contributed by atoms with van der Waals surface area (Å²) in [5.74, 6) is 1.06. The number of anilines is 1. The van der Waals surface area contributed by atoms with Crippen molar-refractivity contribution in [3.05, 3.63) is 57.5 Å². The fourth-order valence-electron chi connectivity index (χ4n) is 3.33. The van der Waals surface area contributed by atoms with Crippen molar-refractivity contribution >= 4 is 51.3 Å². The molecule has 0 spiro atoms. The molecule has 0 radical (unpaired) electrons. The van der Waals surface area contributed by atoms with Crippen molar-refractivity contribution in [1.29, 1.82) is 0 Å². The Morgan fingerprint density at radius 2 is 2.00 bits per heavy atom. The van der Waals surface area contributed by atoms with E-state index in [1.54, 1.807) is 11.3 Å². The molecule has 1 N–H and O–H groups in total. The van der Waals surface area contributed by atoms with Crippen LogP contribution in [0.2, 0.25) is 10.0 Å². The predicted molar refractivity (Wildman–Crippen MR) is 122 cm³/mol. The molecule has 0 unspecified atom stereocenters. The molecule has 156 valence electrons. The van der Waals surface area contributed by atoms with Crippen molar-refractivity contribution in [2.45, 2.75) is 20.4 Å². The van der Waals surface area contributed by atoms with Crippen LogP contribution in [0.3, 0.4) is 0 Å². The minimum Gasteiger partial charge on any atom is -0.493 e. The molecule has 9 heteroatoms. The van der Waals surface area contributed by atoms with Crippen LogP contribution >= 0.6 is 34.5 Å². The Hall–Kier alpha value is -2.35. The van der Waals surface area contributed by atoms with Crippen LogP contribution in [0, 0.1) is 12.7 Å². The Bertz CT molecular complexity index is 1210. The molecule has 0 bridgehead atoms. The lowest BCUT2D eigenvalue weighted by molar-refractivity contribution is 0.342. The van der Waals surface area contributed by atoms with E-state index in [1.165, 1.54) is 12.4 Å². The number of ether oxygens (including phenoxy) is 1. The summed E-state index contributed by atoms with van der Waals surface area (Å²) in [7, 11) is 0. The van der Waals surface area contributed by atoms with Crippen LogP contribution < -0.4 is 10.1 Å². The Kier molecular flexibility index (Phi) is 6.13. The maximum absolute atomic E-state index is 14.6. The summed E-state index contributed by atoms with van der Waals surface area (Å²) in [6.45, 7) is 5.55. The van der Waals surface area contributed by atoms with E-state index in [0.717, 1.165) is 22.0 Å². The van der Waals surface area contributed by atoms with Gasteiger partial charge in [-0.2, -0.15) is 0 Å². The Morgan fingerprint density at radius 1 is 1.17 bits per heavy atom. The van der Waals surface area contributed by atoms with Crippen LogP contribution in [0.25, 0.3) is 21.5 Å². The van der Waals surface area contributed by atoms with Gasteiger partial charge in [0.05, 0.1) is 32.7 Å². The standard InChI is InChI=1S/C21H19Cl2FN4OS/c1-3-29-13-7-18(30-10-13)17-9-19(27-11-26-17)25-4-5-28-12(2)6-14-15(22)8-16(23)20(24)21(14)28/h6-11H,3-5H2,1-2H3,(H,25,26,27). The van der Waals surface area contributed by atoms with Gasteiger partial charge in [0.25, 0.3) is 0 Å². The number of nitrogens with one attached hydrogen (secondary N) is 1. The summed E-state index contributed by atoms with van der Waals surface area (Å²) < 4.78 is 22.0. The average molecular weight is 465 g/mol. The average Bonchev–Trinajstić information content (AvgIpc) is 3.32. The van der Waals surface area contributed by atoms with E-state index < -0.39 is 5.82 Å². The van der Waals surface area contributed by atoms with Crippen LogP contribution in [0.4, 0.5) is 10.2 Å². The molecule has 5 nitrogen and oxygen atoms in total. The van der Waals surface area contributed by atoms with Crippen LogP contribution in [-0.2, 0) is 6.54 Å². The van der Waals surface area contributed by atoms with Crippen molar-refractivity contribution in [3.8, 4) is 16.3 Å². The van der Waals surface area contributed by atoms with Gasteiger partial charge in [-0.1, -0.05) is 23.2 Å². The first kappa shape index (κ1) is 20.9. The molecule has 4 aromatic rings. The second kappa shape index (κ2) is 8.79. The first-order valence-corrected chi connectivity index (χ1v) is 11.0. The van der Waals surface area contributed by atoms with Crippen LogP contribution in [-0.4, -0.2) is 27.7 Å². The lowest BCUT2D eigenvalue weighted by Crippen LogP contribution is -2.13. The molecule has 0 aliphatic carbocycles. The second-order valence-electron chi connectivity index (χ2n) is 6.65. The molecule has 0 atom stereocenters. The van der Waals surface area contributed by atoms with Gasteiger partial charge in [-0.25, -0.2) is 14.4 Å². The minimum atomic E-state index is -0.462. The number of halogens is 3. The summed E-state index contributed by atoms with van der Waals surface area (Å²) in [6, 6.07) is 7.15. The van der Waals surface area contributed by atoms with Crippen LogP contribution in [0.15, 0.2) is 36.0 Å². The molecule has 0 aliphatic rings. The van der Waals surface area contributed by atoms with E-state index >= 15 is 0 Å². The van der Waals surface area contributed by atoms with E-state index in [0.29, 0.717) is 41.4 Å².